The van der Waals surface area contributed by atoms with Crippen molar-refractivity contribution in [2.45, 2.75) is 61.5 Å². The molecule has 0 saturated carbocycles. The van der Waals surface area contributed by atoms with Gasteiger partial charge in [-0.1, -0.05) is 25.6 Å². The molecule has 0 aromatic heterocycles. The summed E-state index contributed by atoms with van der Waals surface area (Å²) < 4.78 is 41.6. The number of alkyl halides is 3. The molecule has 5 rings (SSSR count). The number of fused-ring (bicyclic) bond motifs is 2. The maximum absolute atomic E-state index is 13.9. The van der Waals surface area contributed by atoms with Gasteiger partial charge in [-0.25, -0.2) is 0 Å². The van der Waals surface area contributed by atoms with Crippen LogP contribution in [0.15, 0.2) is 40.1 Å². The van der Waals surface area contributed by atoms with Gasteiger partial charge in [0.2, 0.25) is 0 Å². The molecule has 0 spiro atoms. The van der Waals surface area contributed by atoms with E-state index in [0.29, 0.717) is 29.0 Å². The average Bonchev–Trinajstić information content (AvgIpc) is 2.88. The number of nitrogens with one attached hydrogen (secondary N) is 2. The number of anilines is 4. The minimum Gasteiger partial charge on any atom is -0.380 e. The van der Waals surface area contributed by atoms with E-state index < -0.39 is 11.7 Å². The molecule has 2 aromatic carbocycles. The van der Waals surface area contributed by atoms with Crippen LogP contribution in [0.2, 0.25) is 0 Å². The fraction of sp³-hybridized carbons (Fsp3) is 0.571. The van der Waals surface area contributed by atoms with Gasteiger partial charge in [0.05, 0.1) is 22.6 Å². The number of likely N-dealkylation sites (tertiary alicyclic amines) is 1. The maximum atomic E-state index is 13.9. The molecule has 0 amide bonds. The molecule has 0 aliphatic carbocycles. The highest BCUT2D eigenvalue weighted by Gasteiger charge is 2.34. The second-order valence-corrected chi connectivity index (χ2v) is 12.0. The van der Waals surface area contributed by atoms with Crippen LogP contribution < -0.4 is 21.3 Å². The minimum atomic E-state index is -4.40. The summed E-state index contributed by atoms with van der Waals surface area (Å²) in [6.07, 6.45) is -0.219. The third-order valence-corrected chi connectivity index (χ3v) is 9.13. The van der Waals surface area contributed by atoms with E-state index in [1.807, 2.05) is 0 Å². The van der Waals surface area contributed by atoms with E-state index in [-0.39, 0.29) is 18.4 Å². The Bertz CT molecular complexity index is 1100. The summed E-state index contributed by atoms with van der Waals surface area (Å²) in [5.74, 6) is 1.31. The normalized spacial score (nSPS) is 20.4. The van der Waals surface area contributed by atoms with E-state index in [2.05, 4.69) is 52.5 Å². The SMILES string of the molecule is CC(C)C1CCCN(c2ccc3c(c2)Sc2cc(C(F)(F)F)cc(NC4CCN(CCN)CC4)c2N3)C1.Cl. The van der Waals surface area contributed by atoms with Crippen LogP contribution in [0.5, 0.6) is 0 Å². The van der Waals surface area contributed by atoms with Gasteiger partial charge in [0, 0.05) is 60.8 Å². The van der Waals surface area contributed by atoms with Crippen LogP contribution in [-0.2, 0) is 6.18 Å². The number of hydrogen-bond acceptors (Lipinski definition) is 6. The quantitative estimate of drug-likeness (QED) is 0.296. The molecule has 0 bridgehead atoms. The summed E-state index contributed by atoms with van der Waals surface area (Å²) in [5.41, 5.74) is 8.43. The van der Waals surface area contributed by atoms with Crippen LogP contribution in [0.1, 0.15) is 45.1 Å². The molecule has 4 N–H and O–H groups in total. The third-order valence-electron chi connectivity index (χ3n) is 8.03. The van der Waals surface area contributed by atoms with Crippen molar-refractivity contribution in [1.82, 2.24) is 4.90 Å². The second kappa shape index (κ2) is 12.1. The lowest BCUT2D eigenvalue weighted by molar-refractivity contribution is -0.137. The topological polar surface area (TPSA) is 56.6 Å². The highest BCUT2D eigenvalue weighted by molar-refractivity contribution is 7.99. The second-order valence-electron chi connectivity index (χ2n) is 10.9. The molecule has 10 heteroatoms. The van der Waals surface area contributed by atoms with Crippen LogP contribution in [0.4, 0.5) is 35.9 Å². The molecule has 3 aliphatic heterocycles. The number of hydrogen-bond donors (Lipinski definition) is 3. The summed E-state index contributed by atoms with van der Waals surface area (Å²) in [7, 11) is 0. The van der Waals surface area contributed by atoms with Crippen LogP contribution in [0, 0.1) is 11.8 Å². The predicted octanol–water partition coefficient (Wildman–Crippen LogP) is 7.04. The fourth-order valence-corrected chi connectivity index (χ4v) is 6.84. The average molecular weight is 570 g/mol. The molecule has 2 fully saturated rings. The van der Waals surface area contributed by atoms with Gasteiger partial charge >= 0.3 is 6.18 Å². The lowest BCUT2D eigenvalue weighted by Gasteiger charge is -2.37. The number of nitrogens with zero attached hydrogens (tertiary/aromatic N) is 2. The molecule has 1 unspecified atom stereocenters. The lowest BCUT2D eigenvalue weighted by Crippen LogP contribution is -2.41. The molecule has 210 valence electrons. The van der Waals surface area contributed by atoms with Gasteiger partial charge in [-0.2, -0.15) is 13.2 Å². The van der Waals surface area contributed by atoms with Gasteiger partial charge in [0.25, 0.3) is 0 Å². The Morgan fingerprint density at radius 2 is 1.84 bits per heavy atom. The van der Waals surface area contributed by atoms with Crippen molar-refractivity contribution >= 4 is 46.9 Å². The van der Waals surface area contributed by atoms with E-state index >= 15 is 0 Å². The number of benzene rings is 2. The molecule has 3 heterocycles. The Kier molecular flexibility index (Phi) is 9.33. The van der Waals surface area contributed by atoms with E-state index in [4.69, 9.17) is 5.73 Å². The summed E-state index contributed by atoms with van der Waals surface area (Å²) >= 11 is 1.43. The third kappa shape index (κ3) is 6.49. The summed E-state index contributed by atoms with van der Waals surface area (Å²) in [5, 5.41) is 6.92. The first-order valence-electron chi connectivity index (χ1n) is 13.5. The van der Waals surface area contributed by atoms with Crippen molar-refractivity contribution in [3.63, 3.8) is 0 Å². The monoisotopic (exact) mass is 569 g/mol. The highest BCUT2D eigenvalue weighted by atomic mass is 35.5. The van der Waals surface area contributed by atoms with Crippen LogP contribution in [0.3, 0.4) is 0 Å². The first kappa shape index (κ1) is 29.2. The number of halogens is 4. The highest BCUT2D eigenvalue weighted by Crippen LogP contribution is 2.50. The number of piperidine rings is 2. The van der Waals surface area contributed by atoms with Crippen molar-refractivity contribution < 1.29 is 13.2 Å². The lowest BCUT2D eigenvalue weighted by atomic mass is 9.88. The molecule has 1 atom stereocenters. The van der Waals surface area contributed by atoms with Gasteiger partial charge in [0.15, 0.2) is 0 Å². The standard InChI is InChI=1S/C28H38F3N5S.ClH/c1-18(2)19-4-3-10-36(17-19)22-5-6-23-25(16-22)37-26-15-20(28(29,30)31)14-24(27(26)34-23)33-21-7-11-35(12-8-21)13-9-32;/h5-6,14-16,18-19,21,33-34H,3-4,7-13,17,32H2,1-2H3;1H. The molecule has 3 aliphatic rings. The predicted molar refractivity (Wildman–Crippen MR) is 154 cm³/mol. The Labute approximate surface area is 234 Å². The summed E-state index contributed by atoms with van der Waals surface area (Å²) in [6.45, 7) is 9.90. The van der Waals surface area contributed by atoms with Gasteiger partial charge in [-0.05, 0) is 67.9 Å². The Balaban J connectivity index is 0.00000336. The smallest absolute Gasteiger partial charge is 0.380 e. The van der Waals surface area contributed by atoms with Crippen molar-refractivity contribution in [1.29, 1.82) is 0 Å². The van der Waals surface area contributed by atoms with E-state index in [9.17, 15) is 13.2 Å². The first-order chi connectivity index (χ1) is 17.7. The Hall–Kier alpha value is -1.81. The van der Waals surface area contributed by atoms with Gasteiger partial charge in [-0.3, -0.25) is 0 Å². The van der Waals surface area contributed by atoms with Gasteiger partial charge < -0.3 is 26.2 Å². The zero-order valence-corrected chi connectivity index (χ0v) is 23.7. The zero-order valence-electron chi connectivity index (χ0n) is 22.1. The van der Waals surface area contributed by atoms with Crippen molar-refractivity contribution in [3.8, 4) is 0 Å². The first-order valence-corrected chi connectivity index (χ1v) is 14.3. The molecule has 2 aromatic rings. The molecule has 0 radical (unpaired) electrons. The molecular weight excluding hydrogens is 531 g/mol. The van der Waals surface area contributed by atoms with Gasteiger partial charge in [0.1, 0.15) is 0 Å². The fourth-order valence-electron chi connectivity index (χ4n) is 5.74. The van der Waals surface area contributed by atoms with Crippen molar-refractivity contribution in [3.05, 3.63) is 35.9 Å². The summed E-state index contributed by atoms with van der Waals surface area (Å²) in [6, 6.07) is 9.03. The largest absolute Gasteiger partial charge is 0.416 e. The minimum absolute atomic E-state index is 0. The van der Waals surface area contributed by atoms with Crippen LogP contribution >= 0.6 is 24.2 Å². The maximum Gasteiger partial charge on any atom is 0.416 e. The molecular formula is C28H39ClF3N5S. The molecule has 38 heavy (non-hydrogen) atoms. The zero-order chi connectivity index (χ0) is 26.2. The molecule has 2 saturated heterocycles. The van der Waals surface area contributed by atoms with E-state index in [0.717, 1.165) is 67.5 Å². The number of rotatable bonds is 6. The summed E-state index contributed by atoms with van der Waals surface area (Å²) in [4.78, 5) is 6.33. The van der Waals surface area contributed by atoms with Crippen LogP contribution in [0.25, 0.3) is 0 Å². The van der Waals surface area contributed by atoms with E-state index in [1.165, 1.54) is 36.7 Å². The van der Waals surface area contributed by atoms with E-state index in [1.54, 1.807) is 0 Å². The Morgan fingerprint density at radius 1 is 1.08 bits per heavy atom. The van der Waals surface area contributed by atoms with Crippen molar-refractivity contribution in [2.24, 2.45) is 17.6 Å². The Morgan fingerprint density at radius 3 is 2.53 bits per heavy atom. The van der Waals surface area contributed by atoms with Crippen LogP contribution in [-0.4, -0.2) is 50.2 Å². The van der Waals surface area contributed by atoms with Gasteiger partial charge in [-0.15, -0.1) is 12.4 Å². The molecule has 5 nitrogen and oxygen atoms in total. The number of nitrogens with two attached hydrogens (primary N) is 1. The van der Waals surface area contributed by atoms with Crippen molar-refractivity contribution in [2.75, 3.05) is 54.8 Å².